The second-order valence-electron chi connectivity index (χ2n) is 5.88. The number of likely N-dealkylation sites (N-methyl/N-ethyl adjacent to an activating group) is 1. The van der Waals surface area contributed by atoms with Crippen LogP contribution in [-0.4, -0.2) is 22.6 Å². The highest BCUT2D eigenvalue weighted by Gasteiger charge is 2.07. The lowest BCUT2D eigenvalue weighted by molar-refractivity contribution is -0.671. The first-order chi connectivity index (χ1) is 12.1. The van der Waals surface area contributed by atoms with E-state index < -0.39 is 0 Å². The second kappa shape index (κ2) is 8.02. The minimum absolute atomic E-state index is 0.691. The van der Waals surface area contributed by atoms with Gasteiger partial charge in [-0.2, -0.15) is 0 Å². The quantitative estimate of drug-likeness (QED) is 0.475. The zero-order chi connectivity index (χ0) is 17.6. The molecule has 0 bridgehead atoms. The van der Waals surface area contributed by atoms with Crippen LogP contribution in [0.1, 0.15) is 12.6 Å². The number of azo groups is 1. The third-order valence-corrected chi connectivity index (χ3v) is 4.75. The first-order valence-electron chi connectivity index (χ1n) is 8.34. The normalized spacial score (nSPS) is 11.3. The average molecular weight is 355 g/mol. The summed E-state index contributed by atoms with van der Waals surface area (Å²) in [6.45, 7) is 7.02. The third kappa shape index (κ3) is 4.73. The van der Waals surface area contributed by atoms with Crippen molar-refractivity contribution in [2.45, 2.75) is 20.4 Å². The molecule has 6 nitrogen and oxygen atoms in total. The number of anilines is 1. The Labute approximate surface area is 152 Å². The van der Waals surface area contributed by atoms with E-state index >= 15 is 0 Å². The van der Waals surface area contributed by atoms with E-state index in [2.05, 4.69) is 67.0 Å². The van der Waals surface area contributed by atoms with Crippen LogP contribution >= 0.6 is 11.3 Å². The molecule has 130 valence electrons. The van der Waals surface area contributed by atoms with E-state index in [-0.39, 0.29) is 0 Å². The van der Waals surface area contributed by atoms with Gasteiger partial charge in [0, 0.05) is 17.6 Å². The van der Waals surface area contributed by atoms with Crippen LogP contribution in [0.3, 0.4) is 0 Å². The van der Waals surface area contributed by atoms with E-state index in [1.54, 1.807) is 0 Å². The Bertz CT molecular complexity index is 833. The first kappa shape index (κ1) is 17.3. The summed E-state index contributed by atoms with van der Waals surface area (Å²) in [5.74, 6) is 0. The summed E-state index contributed by atoms with van der Waals surface area (Å²) < 4.78 is 4.25. The Morgan fingerprint density at radius 3 is 2.64 bits per heavy atom. The van der Waals surface area contributed by atoms with Gasteiger partial charge in [-0.25, -0.2) is 14.1 Å². The molecule has 0 fully saturated rings. The Morgan fingerprint density at radius 2 is 2.04 bits per heavy atom. The summed E-state index contributed by atoms with van der Waals surface area (Å²) in [5, 5.41) is 11.1. The molecule has 1 aromatic carbocycles. The SMILES string of the molecule is CCN(CCn1cc[n+](C)c1)c1ccc(N=Nc2nc(C)cs2)cc1. The molecule has 0 N–H and O–H groups in total. The number of rotatable bonds is 7. The maximum atomic E-state index is 4.29. The topological polar surface area (TPSA) is 49.7 Å². The number of benzene rings is 1. The number of hydrogen-bond acceptors (Lipinski definition) is 5. The van der Waals surface area contributed by atoms with Crippen LogP contribution in [-0.2, 0) is 13.6 Å². The van der Waals surface area contributed by atoms with Gasteiger partial charge in [-0.05, 0) is 38.1 Å². The van der Waals surface area contributed by atoms with Gasteiger partial charge in [-0.15, -0.1) is 21.6 Å². The number of nitrogens with zero attached hydrogens (tertiary/aromatic N) is 6. The summed E-state index contributed by atoms with van der Waals surface area (Å²) in [7, 11) is 2.04. The highest BCUT2D eigenvalue weighted by Crippen LogP contribution is 2.24. The Morgan fingerprint density at radius 1 is 1.24 bits per heavy atom. The summed E-state index contributed by atoms with van der Waals surface area (Å²) in [5.41, 5.74) is 3.01. The van der Waals surface area contributed by atoms with Crippen molar-refractivity contribution in [3.05, 3.63) is 54.1 Å². The third-order valence-electron chi connectivity index (χ3n) is 3.91. The van der Waals surface area contributed by atoms with Crippen molar-refractivity contribution in [3.63, 3.8) is 0 Å². The molecule has 0 amide bonds. The van der Waals surface area contributed by atoms with E-state index in [0.717, 1.165) is 31.0 Å². The molecule has 0 saturated carbocycles. The number of hydrogen-bond donors (Lipinski definition) is 0. The molecule has 0 radical (unpaired) electrons. The van der Waals surface area contributed by atoms with Gasteiger partial charge in [0.15, 0.2) is 0 Å². The molecule has 0 unspecified atom stereocenters. The zero-order valence-corrected chi connectivity index (χ0v) is 15.6. The van der Waals surface area contributed by atoms with Gasteiger partial charge in [0.05, 0.1) is 25.0 Å². The standard InChI is InChI=1S/C18H23N6S/c1-4-24(12-11-23-10-9-22(3)14-23)17-7-5-16(6-8-17)20-21-18-19-15(2)13-25-18/h5-10,13-14H,4,11-12H2,1-3H3/q+1. The van der Waals surface area contributed by atoms with Crippen LogP contribution < -0.4 is 9.47 Å². The predicted octanol–water partition coefficient (Wildman–Crippen LogP) is 4.02. The lowest BCUT2D eigenvalue weighted by Gasteiger charge is -2.22. The largest absolute Gasteiger partial charge is 0.368 e. The lowest BCUT2D eigenvalue weighted by atomic mass is 10.2. The number of aromatic nitrogens is 3. The van der Waals surface area contributed by atoms with Crippen LogP contribution in [0, 0.1) is 6.92 Å². The minimum atomic E-state index is 0.691. The molecular weight excluding hydrogens is 332 g/mol. The molecule has 0 aliphatic heterocycles. The molecule has 2 aromatic heterocycles. The molecule has 2 heterocycles. The smallest absolute Gasteiger partial charge is 0.243 e. The molecule has 0 aliphatic carbocycles. The van der Waals surface area contributed by atoms with E-state index in [1.165, 1.54) is 17.0 Å². The van der Waals surface area contributed by atoms with E-state index in [9.17, 15) is 0 Å². The van der Waals surface area contributed by atoms with E-state index in [1.807, 2.05) is 31.5 Å². The van der Waals surface area contributed by atoms with Crippen molar-refractivity contribution in [3.8, 4) is 0 Å². The van der Waals surface area contributed by atoms with Crippen LogP contribution in [0.4, 0.5) is 16.5 Å². The zero-order valence-electron chi connectivity index (χ0n) is 14.8. The highest BCUT2D eigenvalue weighted by molar-refractivity contribution is 7.13. The van der Waals surface area contributed by atoms with Crippen molar-refractivity contribution >= 4 is 27.8 Å². The highest BCUT2D eigenvalue weighted by atomic mass is 32.1. The summed E-state index contributed by atoms with van der Waals surface area (Å²) >= 11 is 1.50. The number of aryl methyl sites for hydroxylation is 2. The fourth-order valence-electron chi connectivity index (χ4n) is 2.56. The van der Waals surface area contributed by atoms with Crippen LogP contribution in [0.25, 0.3) is 0 Å². The van der Waals surface area contributed by atoms with Crippen LogP contribution in [0.2, 0.25) is 0 Å². The average Bonchev–Trinajstić information content (AvgIpc) is 3.23. The first-order valence-corrected chi connectivity index (χ1v) is 9.22. The van der Waals surface area contributed by atoms with Crippen LogP contribution in [0.5, 0.6) is 0 Å². The Kier molecular flexibility index (Phi) is 5.55. The summed E-state index contributed by atoms with van der Waals surface area (Å²) in [6.07, 6.45) is 6.25. The molecule has 25 heavy (non-hydrogen) atoms. The van der Waals surface area contributed by atoms with Crippen molar-refractivity contribution in [1.29, 1.82) is 0 Å². The van der Waals surface area contributed by atoms with E-state index in [4.69, 9.17) is 0 Å². The molecule has 0 saturated heterocycles. The Hall–Kier alpha value is -2.54. The lowest BCUT2D eigenvalue weighted by Crippen LogP contribution is -2.28. The van der Waals surface area contributed by atoms with Crippen LogP contribution in [0.15, 0.2) is 58.6 Å². The number of thiazole rings is 1. The molecule has 3 rings (SSSR count). The van der Waals surface area contributed by atoms with Crippen molar-refractivity contribution in [1.82, 2.24) is 9.55 Å². The van der Waals surface area contributed by atoms with Gasteiger partial charge >= 0.3 is 0 Å². The molecule has 7 heteroatoms. The predicted molar refractivity (Wildman–Crippen MR) is 101 cm³/mol. The fourth-order valence-corrected chi connectivity index (χ4v) is 3.17. The van der Waals surface area contributed by atoms with Gasteiger partial charge in [0.2, 0.25) is 11.5 Å². The minimum Gasteiger partial charge on any atom is -0.368 e. The maximum Gasteiger partial charge on any atom is 0.243 e. The maximum absolute atomic E-state index is 4.29. The van der Waals surface area contributed by atoms with Gasteiger partial charge in [0.1, 0.15) is 18.9 Å². The number of imidazole rings is 1. The van der Waals surface area contributed by atoms with Crippen molar-refractivity contribution < 1.29 is 4.57 Å². The van der Waals surface area contributed by atoms with Gasteiger partial charge in [-0.1, -0.05) is 0 Å². The Balaban J connectivity index is 1.62. The van der Waals surface area contributed by atoms with E-state index in [0.29, 0.717) is 5.13 Å². The fraction of sp³-hybridized carbons (Fsp3) is 0.333. The molecular formula is C18H23N6S+. The van der Waals surface area contributed by atoms with Crippen molar-refractivity contribution in [2.24, 2.45) is 17.3 Å². The van der Waals surface area contributed by atoms with Gasteiger partial charge < -0.3 is 4.90 Å². The van der Waals surface area contributed by atoms with Gasteiger partial charge in [0.25, 0.3) is 0 Å². The summed E-state index contributed by atoms with van der Waals surface area (Å²) in [6, 6.07) is 8.19. The molecule has 0 spiro atoms. The molecule has 0 atom stereocenters. The molecule has 0 aliphatic rings. The van der Waals surface area contributed by atoms with Crippen molar-refractivity contribution in [2.75, 3.05) is 18.0 Å². The summed E-state index contributed by atoms with van der Waals surface area (Å²) in [4.78, 5) is 6.64. The molecule has 3 aromatic rings. The second-order valence-corrected chi connectivity index (χ2v) is 6.72. The van der Waals surface area contributed by atoms with Gasteiger partial charge in [-0.3, -0.25) is 0 Å². The monoisotopic (exact) mass is 355 g/mol.